The Morgan fingerprint density at radius 1 is 1.43 bits per heavy atom. The van der Waals surface area contributed by atoms with Crippen LogP contribution in [-0.2, 0) is 16.0 Å². The SMILES string of the molecule is CC(C)NC(=O)CNC(=O)[C@H]1COc2ccc(Cl)cc2C1. The van der Waals surface area contributed by atoms with Crippen molar-refractivity contribution in [1.29, 1.82) is 0 Å². The molecular formula is C15H19ClN2O3. The summed E-state index contributed by atoms with van der Waals surface area (Å²) in [6.07, 6.45) is 0.563. The lowest BCUT2D eigenvalue weighted by Gasteiger charge is -2.24. The third-order valence-electron chi connectivity index (χ3n) is 3.17. The summed E-state index contributed by atoms with van der Waals surface area (Å²) in [6.45, 7) is 4.03. The second-order valence-electron chi connectivity index (χ2n) is 5.40. The Labute approximate surface area is 129 Å². The number of hydrogen-bond acceptors (Lipinski definition) is 3. The van der Waals surface area contributed by atoms with Gasteiger partial charge in [-0.05, 0) is 44.0 Å². The van der Waals surface area contributed by atoms with Crippen LogP contribution in [-0.4, -0.2) is 31.0 Å². The lowest BCUT2D eigenvalue weighted by molar-refractivity contribution is -0.129. The maximum Gasteiger partial charge on any atom is 0.239 e. The number of halogens is 1. The zero-order valence-electron chi connectivity index (χ0n) is 12.1. The Hall–Kier alpha value is -1.75. The van der Waals surface area contributed by atoms with E-state index in [1.807, 2.05) is 26.0 Å². The molecule has 0 bridgehead atoms. The van der Waals surface area contributed by atoms with Crippen molar-refractivity contribution in [3.05, 3.63) is 28.8 Å². The van der Waals surface area contributed by atoms with Crippen molar-refractivity contribution in [3.63, 3.8) is 0 Å². The normalized spacial score (nSPS) is 16.9. The van der Waals surface area contributed by atoms with Crippen molar-refractivity contribution in [3.8, 4) is 5.75 Å². The van der Waals surface area contributed by atoms with Crippen molar-refractivity contribution in [2.24, 2.45) is 5.92 Å². The number of fused-ring (bicyclic) bond motifs is 1. The van der Waals surface area contributed by atoms with Gasteiger partial charge in [0.1, 0.15) is 12.4 Å². The largest absolute Gasteiger partial charge is 0.492 e. The van der Waals surface area contributed by atoms with E-state index in [0.717, 1.165) is 11.3 Å². The third-order valence-corrected chi connectivity index (χ3v) is 3.41. The molecule has 5 nitrogen and oxygen atoms in total. The summed E-state index contributed by atoms with van der Waals surface area (Å²) in [7, 11) is 0. The second-order valence-corrected chi connectivity index (χ2v) is 5.84. The van der Waals surface area contributed by atoms with Gasteiger partial charge in [0.15, 0.2) is 0 Å². The number of carbonyl (C=O) groups is 2. The number of nitrogens with one attached hydrogen (secondary N) is 2. The molecule has 2 rings (SSSR count). The standard InChI is InChI=1S/C15H19ClN2O3/c1-9(2)18-14(19)7-17-15(20)11-5-10-6-12(16)3-4-13(10)21-8-11/h3-4,6,9,11H,5,7-8H2,1-2H3,(H,17,20)(H,18,19)/t11-/m1/s1. The van der Waals surface area contributed by atoms with E-state index in [9.17, 15) is 9.59 Å². The summed E-state index contributed by atoms with van der Waals surface area (Å²) < 4.78 is 5.56. The van der Waals surface area contributed by atoms with Crippen molar-refractivity contribution in [2.45, 2.75) is 26.3 Å². The highest BCUT2D eigenvalue weighted by Gasteiger charge is 2.26. The van der Waals surface area contributed by atoms with Crippen LogP contribution in [0.15, 0.2) is 18.2 Å². The van der Waals surface area contributed by atoms with E-state index in [4.69, 9.17) is 16.3 Å². The molecule has 0 fully saturated rings. The molecule has 1 aliphatic heterocycles. The summed E-state index contributed by atoms with van der Waals surface area (Å²) in [5.74, 6) is 0.0851. The summed E-state index contributed by atoms with van der Waals surface area (Å²) in [5, 5.41) is 5.98. The minimum atomic E-state index is -0.303. The summed E-state index contributed by atoms with van der Waals surface area (Å²) in [6, 6.07) is 5.43. The van der Waals surface area contributed by atoms with E-state index in [1.165, 1.54) is 0 Å². The molecule has 0 saturated carbocycles. The highest BCUT2D eigenvalue weighted by Crippen LogP contribution is 2.29. The average molecular weight is 311 g/mol. The molecule has 2 amide bonds. The van der Waals surface area contributed by atoms with E-state index >= 15 is 0 Å². The van der Waals surface area contributed by atoms with Crippen LogP contribution in [0.3, 0.4) is 0 Å². The van der Waals surface area contributed by atoms with Gasteiger partial charge in [0.25, 0.3) is 0 Å². The molecule has 1 aromatic rings. The predicted molar refractivity (Wildman–Crippen MR) is 80.4 cm³/mol. The van der Waals surface area contributed by atoms with E-state index in [2.05, 4.69) is 10.6 Å². The minimum Gasteiger partial charge on any atom is -0.492 e. The molecule has 0 aliphatic carbocycles. The zero-order chi connectivity index (χ0) is 15.4. The van der Waals surface area contributed by atoms with Crippen LogP contribution in [0.5, 0.6) is 5.75 Å². The maximum atomic E-state index is 12.1. The van der Waals surface area contributed by atoms with Gasteiger partial charge >= 0.3 is 0 Å². The van der Waals surface area contributed by atoms with Gasteiger partial charge in [0.2, 0.25) is 11.8 Å². The molecule has 0 aromatic heterocycles. The fraction of sp³-hybridized carbons (Fsp3) is 0.467. The first kappa shape index (κ1) is 15.6. The van der Waals surface area contributed by atoms with Gasteiger partial charge < -0.3 is 15.4 Å². The molecule has 114 valence electrons. The Morgan fingerprint density at radius 2 is 2.19 bits per heavy atom. The van der Waals surface area contributed by atoms with Crippen molar-refractivity contribution in [2.75, 3.05) is 13.2 Å². The summed E-state index contributed by atoms with van der Waals surface area (Å²) >= 11 is 5.95. The minimum absolute atomic E-state index is 0.0179. The van der Waals surface area contributed by atoms with Crippen molar-refractivity contribution < 1.29 is 14.3 Å². The summed E-state index contributed by atoms with van der Waals surface area (Å²) in [5.41, 5.74) is 0.917. The van der Waals surface area contributed by atoms with Crippen LogP contribution < -0.4 is 15.4 Å². The highest BCUT2D eigenvalue weighted by molar-refractivity contribution is 6.30. The quantitative estimate of drug-likeness (QED) is 0.886. The van der Waals surface area contributed by atoms with Crippen LogP contribution in [0.25, 0.3) is 0 Å². The highest BCUT2D eigenvalue weighted by atomic mass is 35.5. The summed E-state index contributed by atoms with van der Waals surface area (Å²) in [4.78, 5) is 23.6. The number of amides is 2. The number of carbonyl (C=O) groups excluding carboxylic acids is 2. The first-order chi connectivity index (χ1) is 9.95. The number of benzene rings is 1. The lowest BCUT2D eigenvalue weighted by atomic mass is 9.96. The Morgan fingerprint density at radius 3 is 2.90 bits per heavy atom. The lowest BCUT2D eigenvalue weighted by Crippen LogP contribution is -2.43. The molecule has 21 heavy (non-hydrogen) atoms. The topological polar surface area (TPSA) is 67.4 Å². The second kappa shape index (κ2) is 6.80. The van der Waals surface area contributed by atoms with E-state index in [-0.39, 0.29) is 30.3 Å². The van der Waals surface area contributed by atoms with Gasteiger partial charge in [-0.3, -0.25) is 9.59 Å². The van der Waals surface area contributed by atoms with Gasteiger partial charge in [0, 0.05) is 11.1 Å². The van der Waals surface area contributed by atoms with Gasteiger partial charge in [0.05, 0.1) is 12.5 Å². The van der Waals surface area contributed by atoms with Gasteiger partial charge in [-0.25, -0.2) is 0 Å². The van der Waals surface area contributed by atoms with Crippen LogP contribution in [0.1, 0.15) is 19.4 Å². The number of hydrogen-bond donors (Lipinski definition) is 2. The molecule has 2 N–H and O–H groups in total. The Kier molecular flexibility index (Phi) is 5.07. The molecule has 1 atom stereocenters. The molecule has 1 aliphatic rings. The smallest absolute Gasteiger partial charge is 0.239 e. The number of ether oxygens (including phenoxy) is 1. The van der Waals surface area contributed by atoms with E-state index in [0.29, 0.717) is 18.1 Å². The maximum absolute atomic E-state index is 12.1. The average Bonchev–Trinajstić information content (AvgIpc) is 2.43. The van der Waals surface area contributed by atoms with Crippen LogP contribution >= 0.6 is 11.6 Å². The molecule has 0 saturated heterocycles. The fourth-order valence-electron chi connectivity index (χ4n) is 2.22. The first-order valence-electron chi connectivity index (χ1n) is 6.94. The molecule has 0 radical (unpaired) electrons. The van der Waals surface area contributed by atoms with Crippen molar-refractivity contribution in [1.82, 2.24) is 10.6 Å². The van der Waals surface area contributed by atoms with Crippen LogP contribution in [0, 0.1) is 5.92 Å². The molecular weight excluding hydrogens is 292 g/mol. The molecule has 0 spiro atoms. The van der Waals surface area contributed by atoms with Crippen LogP contribution in [0.4, 0.5) is 0 Å². The number of rotatable bonds is 4. The Balaban J connectivity index is 1.89. The fourth-order valence-corrected chi connectivity index (χ4v) is 2.41. The molecule has 1 heterocycles. The molecule has 0 unspecified atom stereocenters. The van der Waals surface area contributed by atoms with E-state index in [1.54, 1.807) is 6.07 Å². The predicted octanol–water partition coefficient (Wildman–Crippen LogP) is 1.53. The first-order valence-corrected chi connectivity index (χ1v) is 7.32. The molecule has 6 heteroatoms. The van der Waals surface area contributed by atoms with Gasteiger partial charge in [-0.15, -0.1) is 0 Å². The van der Waals surface area contributed by atoms with Gasteiger partial charge in [-0.1, -0.05) is 11.6 Å². The van der Waals surface area contributed by atoms with E-state index < -0.39 is 0 Å². The third kappa shape index (κ3) is 4.36. The van der Waals surface area contributed by atoms with Gasteiger partial charge in [-0.2, -0.15) is 0 Å². The Bertz CT molecular complexity index is 546. The zero-order valence-corrected chi connectivity index (χ0v) is 12.9. The molecule has 1 aromatic carbocycles. The monoisotopic (exact) mass is 310 g/mol. The van der Waals surface area contributed by atoms with Crippen LogP contribution in [0.2, 0.25) is 5.02 Å². The van der Waals surface area contributed by atoms with Crippen molar-refractivity contribution >= 4 is 23.4 Å².